The molecule has 3 rings (SSSR count). The molecule has 1 fully saturated rings. The number of rotatable bonds is 5. The molecule has 0 unspecified atom stereocenters. The lowest BCUT2D eigenvalue weighted by Crippen LogP contribution is -2.50. The van der Waals surface area contributed by atoms with Gasteiger partial charge in [0.25, 0.3) is 0 Å². The molecule has 1 aliphatic rings. The van der Waals surface area contributed by atoms with Crippen LogP contribution in [0.5, 0.6) is 0 Å². The molecule has 0 aromatic carbocycles. The van der Waals surface area contributed by atoms with E-state index in [1.54, 1.807) is 23.1 Å². The second-order valence-electron chi connectivity index (χ2n) is 5.10. The molecule has 9 heteroatoms. The number of sulfonamides is 1. The van der Waals surface area contributed by atoms with E-state index in [0.717, 1.165) is 21.6 Å². The predicted molar refractivity (Wildman–Crippen MR) is 84.9 cm³/mol. The monoisotopic (exact) mass is 344 g/mol. The van der Waals surface area contributed by atoms with Crippen molar-refractivity contribution in [1.29, 1.82) is 0 Å². The van der Waals surface area contributed by atoms with Crippen molar-refractivity contribution in [3.05, 3.63) is 17.5 Å². The first kappa shape index (κ1) is 15.0. The van der Waals surface area contributed by atoms with Gasteiger partial charge in [0.05, 0.1) is 11.1 Å². The van der Waals surface area contributed by atoms with Gasteiger partial charge < -0.3 is 4.57 Å². The lowest BCUT2D eigenvalue weighted by atomic mass is 10.1. The van der Waals surface area contributed by atoms with Crippen molar-refractivity contribution >= 4 is 33.1 Å². The molecule has 0 N–H and O–H groups in total. The minimum atomic E-state index is -3.02. The molecular weight excluding hydrogens is 328 g/mol. The molecular formula is C12H16N4O2S3. The van der Waals surface area contributed by atoms with Crippen LogP contribution in [0.1, 0.15) is 0 Å². The number of hydrogen-bond donors (Lipinski definition) is 0. The molecule has 1 saturated heterocycles. The van der Waals surface area contributed by atoms with Crippen LogP contribution >= 0.6 is 23.1 Å². The molecule has 21 heavy (non-hydrogen) atoms. The number of nitrogens with zero attached hydrogens (tertiary/aromatic N) is 4. The molecule has 2 aromatic rings. The second-order valence-corrected chi connectivity index (χ2v) is 9.02. The Labute approximate surface area is 132 Å². The highest BCUT2D eigenvalue weighted by Gasteiger charge is 2.33. The van der Waals surface area contributed by atoms with Crippen molar-refractivity contribution in [3.63, 3.8) is 0 Å². The molecule has 6 nitrogen and oxygen atoms in total. The average molecular weight is 344 g/mol. The zero-order valence-electron chi connectivity index (χ0n) is 11.8. The van der Waals surface area contributed by atoms with Gasteiger partial charge in [0.15, 0.2) is 11.0 Å². The van der Waals surface area contributed by atoms with Gasteiger partial charge in [0.1, 0.15) is 0 Å². The van der Waals surface area contributed by atoms with E-state index in [-0.39, 0.29) is 0 Å². The molecule has 3 heterocycles. The second kappa shape index (κ2) is 5.71. The van der Waals surface area contributed by atoms with Gasteiger partial charge in [0, 0.05) is 25.9 Å². The minimum Gasteiger partial charge on any atom is -0.305 e. The Bertz CT molecular complexity index is 718. The standard InChI is InChI=1S/C12H16N4O2S3/c1-15-11(10-4-3-5-19-10)13-14-12(15)20-8-9-6-16(7-9)21(2,17)18/h3-5,9H,6-8H2,1-2H3. The smallest absolute Gasteiger partial charge is 0.211 e. The third-order valence-corrected chi connectivity index (χ3v) is 6.77. The molecule has 0 spiro atoms. The molecule has 1 aliphatic heterocycles. The molecule has 0 atom stereocenters. The van der Waals surface area contributed by atoms with Crippen LogP contribution in [0.4, 0.5) is 0 Å². The number of hydrogen-bond acceptors (Lipinski definition) is 6. The molecule has 0 amide bonds. The van der Waals surface area contributed by atoms with Crippen molar-refractivity contribution < 1.29 is 8.42 Å². The van der Waals surface area contributed by atoms with Crippen molar-refractivity contribution in [1.82, 2.24) is 19.1 Å². The van der Waals surface area contributed by atoms with Gasteiger partial charge in [-0.3, -0.25) is 0 Å². The third-order valence-electron chi connectivity index (χ3n) is 3.42. The zero-order valence-corrected chi connectivity index (χ0v) is 14.2. The van der Waals surface area contributed by atoms with E-state index in [1.807, 2.05) is 29.1 Å². The van der Waals surface area contributed by atoms with Gasteiger partial charge in [-0.25, -0.2) is 12.7 Å². The summed E-state index contributed by atoms with van der Waals surface area (Å²) in [6.07, 6.45) is 1.26. The maximum Gasteiger partial charge on any atom is 0.211 e. The van der Waals surface area contributed by atoms with Gasteiger partial charge in [-0.15, -0.1) is 21.5 Å². The topological polar surface area (TPSA) is 68.1 Å². The van der Waals surface area contributed by atoms with Crippen molar-refractivity contribution in [2.45, 2.75) is 5.16 Å². The van der Waals surface area contributed by atoms with Crippen molar-refractivity contribution in [3.8, 4) is 10.7 Å². The van der Waals surface area contributed by atoms with Crippen LogP contribution < -0.4 is 0 Å². The molecule has 0 radical (unpaired) electrons. The summed E-state index contributed by atoms with van der Waals surface area (Å²) in [6.45, 7) is 1.23. The van der Waals surface area contributed by atoms with E-state index in [2.05, 4.69) is 10.2 Å². The molecule has 0 bridgehead atoms. The first-order chi connectivity index (χ1) is 9.95. The van der Waals surface area contributed by atoms with Gasteiger partial charge in [-0.1, -0.05) is 17.8 Å². The molecule has 114 valence electrons. The van der Waals surface area contributed by atoms with Crippen LogP contribution in [0.15, 0.2) is 22.7 Å². The lowest BCUT2D eigenvalue weighted by molar-refractivity contribution is 0.224. The first-order valence-electron chi connectivity index (χ1n) is 6.46. The first-order valence-corrected chi connectivity index (χ1v) is 10.2. The highest BCUT2D eigenvalue weighted by Crippen LogP contribution is 2.29. The summed E-state index contributed by atoms with van der Waals surface area (Å²) in [5, 5.41) is 11.3. The van der Waals surface area contributed by atoms with Crippen LogP contribution in [0.2, 0.25) is 0 Å². The van der Waals surface area contributed by atoms with Crippen LogP contribution in [-0.4, -0.2) is 52.6 Å². The summed E-state index contributed by atoms with van der Waals surface area (Å²) < 4.78 is 26.1. The summed E-state index contributed by atoms with van der Waals surface area (Å²) >= 11 is 3.27. The fourth-order valence-corrected chi connectivity index (χ4v) is 4.83. The van der Waals surface area contributed by atoms with E-state index in [9.17, 15) is 8.42 Å². The highest BCUT2D eigenvalue weighted by atomic mass is 32.2. The largest absolute Gasteiger partial charge is 0.305 e. The Hall–Kier alpha value is -0.900. The Morgan fingerprint density at radius 1 is 1.43 bits per heavy atom. The van der Waals surface area contributed by atoms with E-state index in [4.69, 9.17) is 0 Å². The van der Waals surface area contributed by atoms with Gasteiger partial charge in [0.2, 0.25) is 10.0 Å². The van der Waals surface area contributed by atoms with E-state index < -0.39 is 10.0 Å². The van der Waals surface area contributed by atoms with Crippen molar-refractivity contribution in [2.75, 3.05) is 25.1 Å². The number of thiophene rings is 1. The maximum atomic E-state index is 11.3. The summed E-state index contributed by atoms with van der Waals surface area (Å²) in [7, 11) is -1.06. The van der Waals surface area contributed by atoms with Crippen LogP contribution in [0.3, 0.4) is 0 Å². The fraction of sp³-hybridized carbons (Fsp3) is 0.500. The van der Waals surface area contributed by atoms with Crippen LogP contribution in [0, 0.1) is 5.92 Å². The number of aromatic nitrogens is 3. The van der Waals surface area contributed by atoms with Crippen molar-refractivity contribution in [2.24, 2.45) is 13.0 Å². The Morgan fingerprint density at radius 3 is 2.81 bits per heavy atom. The van der Waals surface area contributed by atoms with Crippen LogP contribution in [0.25, 0.3) is 10.7 Å². The SMILES string of the molecule is Cn1c(SCC2CN(S(C)(=O)=O)C2)nnc1-c1cccs1. The molecule has 0 aliphatic carbocycles. The highest BCUT2D eigenvalue weighted by molar-refractivity contribution is 7.99. The summed E-state index contributed by atoms with van der Waals surface area (Å²) in [6, 6.07) is 4.02. The molecule has 0 saturated carbocycles. The van der Waals surface area contributed by atoms with E-state index in [0.29, 0.717) is 19.0 Å². The Morgan fingerprint density at radius 2 is 2.19 bits per heavy atom. The Kier molecular flexibility index (Phi) is 4.08. The third kappa shape index (κ3) is 3.15. The van der Waals surface area contributed by atoms with Gasteiger partial charge in [-0.2, -0.15) is 0 Å². The average Bonchev–Trinajstić information content (AvgIpc) is 2.95. The minimum absolute atomic E-state index is 0.395. The van der Waals surface area contributed by atoms with Crippen LogP contribution in [-0.2, 0) is 17.1 Å². The number of thioether (sulfide) groups is 1. The molecule has 2 aromatic heterocycles. The lowest BCUT2D eigenvalue weighted by Gasteiger charge is -2.36. The van der Waals surface area contributed by atoms with Gasteiger partial charge >= 0.3 is 0 Å². The maximum absolute atomic E-state index is 11.3. The zero-order chi connectivity index (χ0) is 15.0. The normalized spacial score (nSPS) is 17.0. The summed E-state index contributed by atoms with van der Waals surface area (Å²) in [5.41, 5.74) is 0. The van der Waals surface area contributed by atoms with Gasteiger partial charge in [-0.05, 0) is 17.4 Å². The predicted octanol–water partition coefficient (Wildman–Crippen LogP) is 1.53. The summed E-state index contributed by atoms with van der Waals surface area (Å²) in [4.78, 5) is 1.10. The van der Waals surface area contributed by atoms with E-state index >= 15 is 0 Å². The van der Waals surface area contributed by atoms with E-state index in [1.165, 1.54) is 10.6 Å². The quantitative estimate of drug-likeness (QED) is 0.770. The Balaban J connectivity index is 1.58. The summed E-state index contributed by atoms with van der Waals surface area (Å²) in [5.74, 6) is 2.13. The fourth-order valence-electron chi connectivity index (χ4n) is 2.15.